The van der Waals surface area contributed by atoms with Crippen LogP contribution in [0.25, 0.3) is 0 Å². The Labute approximate surface area is 329 Å². The first-order chi connectivity index (χ1) is 27.1. The Hall–Kier alpha value is -5.52. The van der Waals surface area contributed by atoms with E-state index in [2.05, 4.69) is 22.8 Å². The van der Waals surface area contributed by atoms with Gasteiger partial charge in [0.2, 0.25) is 23.6 Å². The van der Waals surface area contributed by atoms with Crippen molar-refractivity contribution in [3.63, 3.8) is 0 Å². The van der Waals surface area contributed by atoms with Crippen molar-refractivity contribution >= 4 is 46.9 Å². The third-order valence-electron chi connectivity index (χ3n) is 11.1. The van der Waals surface area contributed by atoms with E-state index in [1.54, 1.807) is 9.80 Å². The van der Waals surface area contributed by atoms with Crippen molar-refractivity contribution < 1.29 is 38.2 Å². The molecule has 0 radical (unpaired) electrons. The van der Waals surface area contributed by atoms with Crippen molar-refractivity contribution in [2.45, 2.75) is 89.6 Å². The molecule has 2 aliphatic rings. The molecule has 4 amide bonds. The minimum Gasteiger partial charge on any atom is -0.469 e. The van der Waals surface area contributed by atoms with E-state index >= 15 is 0 Å². The smallest absolute Gasteiger partial charge is 0.306 e. The van der Waals surface area contributed by atoms with Crippen molar-refractivity contribution in [1.29, 1.82) is 0 Å². The van der Waals surface area contributed by atoms with Gasteiger partial charge in [-0.05, 0) is 85.9 Å². The maximum atomic E-state index is 13.4. The fraction of sp³-hybridized carbons (Fsp3) is 0.455. The van der Waals surface area contributed by atoms with Gasteiger partial charge < -0.3 is 29.9 Å². The number of nitrogens with one attached hydrogen (secondary N) is 2. The molecule has 0 aromatic heterocycles. The number of benzene rings is 3. The highest BCUT2D eigenvalue weighted by molar-refractivity contribution is 5.99. The number of nitrogens with zero attached hydrogens (tertiary/aromatic N) is 2. The molecule has 298 valence electrons. The number of likely N-dealkylation sites (tertiary alicyclic amines) is 2. The van der Waals surface area contributed by atoms with Gasteiger partial charge >= 0.3 is 11.9 Å². The van der Waals surface area contributed by atoms with E-state index < -0.39 is 35.9 Å². The number of carbonyl (C=O) groups is 6. The molecule has 0 spiro atoms. The summed E-state index contributed by atoms with van der Waals surface area (Å²) in [7, 11) is 2.61. The van der Waals surface area contributed by atoms with Gasteiger partial charge in [0.15, 0.2) is 0 Å². The second-order valence-electron chi connectivity index (χ2n) is 14.6. The first-order valence-electron chi connectivity index (χ1n) is 19.7. The lowest BCUT2D eigenvalue weighted by Gasteiger charge is -2.27. The number of esters is 2. The first kappa shape index (κ1) is 41.6. The molecule has 2 heterocycles. The average molecular weight is 767 g/mol. The summed E-state index contributed by atoms with van der Waals surface area (Å²) in [6.07, 6.45) is 4.16. The summed E-state index contributed by atoms with van der Waals surface area (Å²) in [5, 5.41) is 5.99. The lowest BCUT2D eigenvalue weighted by molar-refractivity contribution is -0.148. The molecule has 12 heteroatoms. The second-order valence-corrected chi connectivity index (χ2v) is 14.6. The molecular weight excluding hydrogens is 713 g/mol. The maximum Gasteiger partial charge on any atom is 0.306 e. The molecule has 2 N–H and O–H groups in total. The number of hydrogen-bond donors (Lipinski definition) is 2. The number of methoxy groups -OCH3 is 2. The summed E-state index contributed by atoms with van der Waals surface area (Å²) < 4.78 is 9.55. The van der Waals surface area contributed by atoms with Gasteiger partial charge in [-0.1, -0.05) is 68.4 Å². The number of anilines is 2. The van der Waals surface area contributed by atoms with Crippen LogP contribution in [0.5, 0.6) is 0 Å². The number of hydrogen-bond acceptors (Lipinski definition) is 8. The zero-order chi connectivity index (χ0) is 40.2. The number of rotatable bonds is 16. The third-order valence-corrected chi connectivity index (χ3v) is 11.1. The summed E-state index contributed by atoms with van der Waals surface area (Å²) in [5.41, 5.74) is 4.50. The van der Waals surface area contributed by atoms with Crippen LogP contribution >= 0.6 is 0 Å². The quantitative estimate of drug-likeness (QED) is 0.166. The van der Waals surface area contributed by atoms with Gasteiger partial charge in [-0.2, -0.15) is 0 Å². The molecule has 3 aromatic carbocycles. The molecule has 3 aromatic rings. The van der Waals surface area contributed by atoms with E-state index in [9.17, 15) is 28.8 Å². The summed E-state index contributed by atoms with van der Waals surface area (Å²) in [5.74, 6) is -2.83. The lowest BCUT2D eigenvalue weighted by Crippen LogP contribution is -2.46. The molecule has 0 bridgehead atoms. The first-order valence-corrected chi connectivity index (χ1v) is 19.7. The lowest BCUT2D eigenvalue weighted by atomic mass is 9.86. The number of carbonyl (C=O) groups excluding carboxylic acids is 6. The maximum absolute atomic E-state index is 13.4. The summed E-state index contributed by atoms with van der Waals surface area (Å²) in [4.78, 5) is 80.4. The molecule has 2 saturated heterocycles. The SMILES string of the molecule is CC[C@H](CC(=O)OC)C(=O)N1CCC[C@H]1C(=O)Nc1ccc(CC(c2ccccc2)c2ccc(NC(=O)[C@@H]3CCCN3C(=O)[C@H](CC)CC(=O)OC)cc2)cc1. The van der Waals surface area contributed by atoms with Crippen LogP contribution in [0, 0.1) is 11.8 Å². The third kappa shape index (κ3) is 10.4. The van der Waals surface area contributed by atoms with Crippen LogP contribution in [-0.4, -0.2) is 84.8 Å². The van der Waals surface area contributed by atoms with Crippen LogP contribution in [0.1, 0.15) is 87.8 Å². The predicted octanol–water partition coefficient (Wildman–Crippen LogP) is 6.10. The molecule has 0 aliphatic carbocycles. The molecule has 5 atom stereocenters. The Morgan fingerprint density at radius 2 is 1.05 bits per heavy atom. The van der Waals surface area contributed by atoms with Gasteiger partial charge in [-0.15, -0.1) is 0 Å². The van der Waals surface area contributed by atoms with Crippen molar-refractivity contribution in [3.05, 3.63) is 95.6 Å². The van der Waals surface area contributed by atoms with E-state index in [4.69, 9.17) is 9.47 Å². The molecule has 2 fully saturated rings. The van der Waals surface area contributed by atoms with E-state index in [1.165, 1.54) is 14.2 Å². The predicted molar refractivity (Wildman–Crippen MR) is 212 cm³/mol. The Morgan fingerprint density at radius 3 is 1.48 bits per heavy atom. The topological polar surface area (TPSA) is 151 Å². The molecule has 12 nitrogen and oxygen atoms in total. The largest absolute Gasteiger partial charge is 0.469 e. The summed E-state index contributed by atoms with van der Waals surface area (Å²) >= 11 is 0. The molecule has 0 saturated carbocycles. The Balaban J connectivity index is 1.23. The van der Waals surface area contributed by atoms with Crippen LogP contribution in [0.4, 0.5) is 11.4 Å². The second kappa shape index (κ2) is 19.9. The highest BCUT2D eigenvalue weighted by Gasteiger charge is 2.38. The van der Waals surface area contributed by atoms with Gasteiger partial charge in [0.1, 0.15) is 12.1 Å². The van der Waals surface area contributed by atoms with Crippen LogP contribution in [-0.2, 0) is 44.7 Å². The van der Waals surface area contributed by atoms with Gasteiger partial charge in [0, 0.05) is 42.2 Å². The highest BCUT2D eigenvalue weighted by Crippen LogP contribution is 2.31. The summed E-state index contributed by atoms with van der Waals surface area (Å²) in [6.45, 7) is 4.65. The Morgan fingerprint density at radius 1 is 0.625 bits per heavy atom. The molecule has 2 aliphatic heterocycles. The van der Waals surface area contributed by atoms with Crippen molar-refractivity contribution in [1.82, 2.24) is 9.80 Å². The fourth-order valence-electron chi connectivity index (χ4n) is 7.78. The minimum atomic E-state index is -0.607. The van der Waals surface area contributed by atoms with Gasteiger partial charge in [-0.3, -0.25) is 28.8 Å². The van der Waals surface area contributed by atoms with Crippen LogP contribution < -0.4 is 10.6 Å². The van der Waals surface area contributed by atoms with Gasteiger partial charge in [-0.25, -0.2) is 0 Å². The Kier molecular flexibility index (Phi) is 14.8. The van der Waals surface area contributed by atoms with Crippen LogP contribution in [0.2, 0.25) is 0 Å². The standard InChI is InChI=1S/C44H54N4O8/c1-5-30(27-39(49)55-3)43(53)47-24-10-14-37(47)41(51)45-34-20-16-29(17-21-34)26-36(32-12-8-7-9-13-32)33-18-22-35(23-19-33)46-42(52)38-15-11-25-48(38)44(54)31(6-2)28-40(50)56-4/h7-9,12-13,16-23,30-31,36-38H,5-6,10-11,14-15,24-28H2,1-4H3,(H,45,51)(H,46,52)/t30-,31-,36?,37+,38+/m1/s1. The minimum absolute atomic E-state index is 0.000290. The van der Waals surface area contributed by atoms with Gasteiger partial charge in [0.05, 0.1) is 27.1 Å². The molecule has 1 unspecified atom stereocenters. The van der Waals surface area contributed by atoms with Crippen LogP contribution in [0.3, 0.4) is 0 Å². The van der Waals surface area contributed by atoms with Gasteiger partial charge in [0.25, 0.3) is 0 Å². The van der Waals surface area contributed by atoms with Crippen molar-refractivity contribution in [2.24, 2.45) is 11.8 Å². The molecular formula is C44H54N4O8. The zero-order valence-electron chi connectivity index (χ0n) is 32.8. The van der Waals surface area contributed by atoms with E-state index in [1.807, 2.05) is 80.6 Å². The van der Waals surface area contributed by atoms with Crippen molar-refractivity contribution in [2.75, 3.05) is 37.9 Å². The zero-order valence-corrected chi connectivity index (χ0v) is 32.8. The number of amides is 4. The molecule has 5 rings (SSSR count). The normalized spacial score (nSPS) is 18.1. The number of ether oxygens (including phenoxy) is 2. The summed E-state index contributed by atoms with van der Waals surface area (Å²) in [6, 6.07) is 24.5. The van der Waals surface area contributed by atoms with Crippen LogP contribution in [0.15, 0.2) is 78.9 Å². The monoisotopic (exact) mass is 766 g/mol. The van der Waals surface area contributed by atoms with E-state index in [-0.39, 0.29) is 42.4 Å². The van der Waals surface area contributed by atoms with E-state index in [0.29, 0.717) is 69.4 Å². The highest BCUT2D eigenvalue weighted by atomic mass is 16.5. The van der Waals surface area contributed by atoms with Crippen molar-refractivity contribution in [3.8, 4) is 0 Å². The Bertz CT molecular complexity index is 1830. The average Bonchev–Trinajstić information content (AvgIpc) is 3.93. The fourth-order valence-corrected chi connectivity index (χ4v) is 7.78. The molecule has 56 heavy (non-hydrogen) atoms. The van der Waals surface area contributed by atoms with E-state index in [0.717, 1.165) is 16.7 Å².